The molecule has 47 heavy (non-hydrogen) atoms. The molecule has 0 bridgehead atoms. The van der Waals surface area contributed by atoms with Crippen LogP contribution in [0.2, 0.25) is 0 Å². The van der Waals surface area contributed by atoms with Crippen LogP contribution in [0.5, 0.6) is 0 Å². The molecule has 0 rings (SSSR count). The van der Waals surface area contributed by atoms with Crippen LogP contribution in [0.1, 0.15) is 187 Å². The molecule has 0 aliphatic heterocycles. The SMILES string of the molecule is CCCCCCC/C=C/CC/C=C/CC/C=C/C(O)C(CO)NC(=O)C(O)CCCCCCCC/C=C\CCCCCCCCCC. The summed E-state index contributed by atoms with van der Waals surface area (Å²) in [4.78, 5) is 12.4. The average Bonchev–Trinajstić information content (AvgIpc) is 3.07. The molecule has 1 amide bonds. The number of unbranched alkanes of at least 4 members (excludes halogenated alkanes) is 21. The number of rotatable bonds is 35. The van der Waals surface area contributed by atoms with Crippen LogP contribution in [0.15, 0.2) is 48.6 Å². The molecule has 0 saturated carbocycles. The van der Waals surface area contributed by atoms with Crippen LogP contribution in [-0.2, 0) is 4.79 Å². The van der Waals surface area contributed by atoms with Gasteiger partial charge in [0.15, 0.2) is 0 Å². The Bertz CT molecular complexity index is 775. The normalized spacial score (nSPS) is 14.2. The molecule has 0 spiro atoms. The third-order valence-corrected chi connectivity index (χ3v) is 8.87. The summed E-state index contributed by atoms with van der Waals surface area (Å²) in [6.45, 7) is 4.13. The highest BCUT2D eigenvalue weighted by Gasteiger charge is 2.22. The highest BCUT2D eigenvalue weighted by atomic mass is 16.3. The predicted molar refractivity (Wildman–Crippen MR) is 204 cm³/mol. The summed E-state index contributed by atoms with van der Waals surface area (Å²) in [5.74, 6) is -0.524. The second kappa shape index (κ2) is 37.1. The Hall–Kier alpha value is -1.69. The van der Waals surface area contributed by atoms with E-state index in [2.05, 4.69) is 55.6 Å². The van der Waals surface area contributed by atoms with Crippen molar-refractivity contribution in [3.8, 4) is 0 Å². The van der Waals surface area contributed by atoms with E-state index in [1.165, 1.54) is 116 Å². The molecule has 0 heterocycles. The molecule has 0 aliphatic rings. The van der Waals surface area contributed by atoms with Gasteiger partial charge in [-0.3, -0.25) is 4.79 Å². The lowest BCUT2D eigenvalue weighted by atomic mass is 10.0. The van der Waals surface area contributed by atoms with E-state index in [4.69, 9.17) is 0 Å². The van der Waals surface area contributed by atoms with E-state index < -0.39 is 24.2 Å². The number of carbonyl (C=O) groups is 1. The van der Waals surface area contributed by atoms with Crippen molar-refractivity contribution in [3.63, 3.8) is 0 Å². The molecule has 3 atom stereocenters. The molecule has 5 heteroatoms. The van der Waals surface area contributed by atoms with Gasteiger partial charge in [0, 0.05) is 0 Å². The fraction of sp³-hybridized carbons (Fsp3) is 0.786. The molecule has 0 fully saturated rings. The number of hydrogen-bond acceptors (Lipinski definition) is 4. The van der Waals surface area contributed by atoms with Gasteiger partial charge in [-0.05, 0) is 70.6 Å². The van der Waals surface area contributed by atoms with E-state index in [-0.39, 0.29) is 6.61 Å². The maximum Gasteiger partial charge on any atom is 0.249 e. The van der Waals surface area contributed by atoms with Gasteiger partial charge in [0.05, 0.1) is 18.8 Å². The minimum Gasteiger partial charge on any atom is -0.394 e. The average molecular weight is 660 g/mol. The highest BCUT2D eigenvalue weighted by molar-refractivity contribution is 5.80. The van der Waals surface area contributed by atoms with Crippen molar-refractivity contribution in [1.82, 2.24) is 5.32 Å². The summed E-state index contributed by atoms with van der Waals surface area (Å²) < 4.78 is 0. The molecule has 0 saturated heterocycles. The molecular formula is C42H77NO4. The van der Waals surface area contributed by atoms with Gasteiger partial charge >= 0.3 is 0 Å². The molecule has 0 radical (unpaired) electrons. The quantitative estimate of drug-likeness (QED) is 0.0402. The number of aliphatic hydroxyl groups is 3. The third-order valence-electron chi connectivity index (χ3n) is 8.87. The molecule has 0 aromatic carbocycles. The first-order valence-electron chi connectivity index (χ1n) is 20.0. The molecule has 0 aromatic heterocycles. The molecule has 3 unspecified atom stereocenters. The minimum absolute atomic E-state index is 0.384. The lowest BCUT2D eigenvalue weighted by molar-refractivity contribution is -0.131. The predicted octanol–water partition coefficient (Wildman–Crippen LogP) is 11.0. The molecule has 5 nitrogen and oxygen atoms in total. The Morgan fingerprint density at radius 1 is 0.511 bits per heavy atom. The zero-order valence-electron chi connectivity index (χ0n) is 30.9. The number of carbonyl (C=O) groups excluding carboxylic acids is 1. The topological polar surface area (TPSA) is 89.8 Å². The van der Waals surface area contributed by atoms with Gasteiger partial charge in [-0.15, -0.1) is 0 Å². The van der Waals surface area contributed by atoms with Crippen molar-refractivity contribution in [2.24, 2.45) is 0 Å². The summed E-state index contributed by atoms with van der Waals surface area (Å²) in [5, 5.41) is 33.0. The van der Waals surface area contributed by atoms with Crippen molar-refractivity contribution in [1.29, 1.82) is 0 Å². The van der Waals surface area contributed by atoms with E-state index in [1.54, 1.807) is 6.08 Å². The van der Waals surface area contributed by atoms with Gasteiger partial charge in [-0.2, -0.15) is 0 Å². The summed E-state index contributed by atoms with van der Waals surface area (Å²) in [5.41, 5.74) is 0. The fourth-order valence-corrected chi connectivity index (χ4v) is 5.68. The summed E-state index contributed by atoms with van der Waals surface area (Å²) in [6.07, 6.45) is 47.0. The second-order valence-electron chi connectivity index (χ2n) is 13.5. The van der Waals surface area contributed by atoms with Crippen LogP contribution in [0.4, 0.5) is 0 Å². The first-order valence-corrected chi connectivity index (χ1v) is 20.0. The smallest absolute Gasteiger partial charge is 0.249 e. The van der Waals surface area contributed by atoms with Gasteiger partial charge < -0.3 is 20.6 Å². The van der Waals surface area contributed by atoms with Crippen molar-refractivity contribution >= 4 is 5.91 Å². The Labute approximate surface area is 291 Å². The van der Waals surface area contributed by atoms with Gasteiger partial charge in [0.25, 0.3) is 0 Å². The van der Waals surface area contributed by atoms with Gasteiger partial charge in [0.1, 0.15) is 6.10 Å². The Morgan fingerprint density at radius 2 is 0.872 bits per heavy atom. The zero-order valence-corrected chi connectivity index (χ0v) is 30.9. The van der Waals surface area contributed by atoms with Crippen molar-refractivity contribution < 1.29 is 20.1 Å². The maximum atomic E-state index is 12.4. The van der Waals surface area contributed by atoms with E-state index in [0.717, 1.165) is 51.4 Å². The van der Waals surface area contributed by atoms with Crippen LogP contribution in [-0.4, -0.2) is 46.1 Å². The first-order chi connectivity index (χ1) is 23.1. The second-order valence-corrected chi connectivity index (χ2v) is 13.5. The van der Waals surface area contributed by atoms with E-state index in [0.29, 0.717) is 6.42 Å². The van der Waals surface area contributed by atoms with Crippen LogP contribution >= 0.6 is 0 Å². The van der Waals surface area contributed by atoms with Crippen molar-refractivity contribution in [2.75, 3.05) is 6.61 Å². The number of allylic oxidation sites excluding steroid dienone is 7. The Morgan fingerprint density at radius 3 is 1.30 bits per heavy atom. The van der Waals surface area contributed by atoms with Crippen LogP contribution in [0.25, 0.3) is 0 Å². The molecular weight excluding hydrogens is 582 g/mol. The maximum absolute atomic E-state index is 12.4. The van der Waals surface area contributed by atoms with Crippen LogP contribution < -0.4 is 5.32 Å². The first kappa shape index (κ1) is 45.3. The number of aliphatic hydroxyl groups excluding tert-OH is 3. The van der Waals surface area contributed by atoms with Crippen LogP contribution in [0, 0.1) is 0 Å². The number of nitrogens with one attached hydrogen (secondary N) is 1. The standard InChI is InChI=1S/C42H77NO4/c1-3-5-7-9-11-13-15-17-19-20-21-23-25-27-29-31-33-35-37-41(46)42(47)43-39(38-44)40(45)36-34-32-30-28-26-24-22-18-16-14-12-10-8-6-4-2/h16,18,20-21,26,28,34,36,39-41,44-46H,3-15,17,19,22-25,27,29-33,35,37-38H2,1-2H3,(H,43,47)/b18-16+,21-20-,28-26+,36-34+. The number of amides is 1. The third kappa shape index (κ3) is 32.6. The van der Waals surface area contributed by atoms with E-state index in [1.807, 2.05) is 6.08 Å². The Kier molecular flexibility index (Phi) is 35.8. The molecule has 274 valence electrons. The lowest BCUT2D eigenvalue weighted by Crippen LogP contribution is -2.48. The minimum atomic E-state index is -1.11. The lowest BCUT2D eigenvalue weighted by Gasteiger charge is -2.21. The number of hydrogen-bond donors (Lipinski definition) is 4. The monoisotopic (exact) mass is 660 g/mol. The molecule has 0 aliphatic carbocycles. The summed E-state index contributed by atoms with van der Waals surface area (Å²) in [7, 11) is 0. The highest BCUT2D eigenvalue weighted by Crippen LogP contribution is 2.13. The largest absolute Gasteiger partial charge is 0.394 e. The summed E-state index contributed by atoms with van der Waals surface area (Å²) in [6, 6.07) is -0.822. The zero-order chi connectivity index (χ0) is 34.5. The van der Waals surface area contributed by atoms with E-state index in [9.17, 15) is 20.1 Å². The summed E-state index contributed by atoms with van der Waals surface area (Å²) >= 11 is 0. The van der Waals surface area contributed by atoms with Crippen molar-refractivity contribution in [3.05, 3.63) is 48.6 Å². The van der Waals surface area contributed by atoms with Crippen molar-refractivity contribution in [2.45, 2.75) is 205 Å². The van der Waals surface area contributed by atoms with E-state index >= 15 is 0 Å². The Balaban J connectivity index is 3.80. The molecule has 4 N–H and O–H groups in total. The van der Waals surface area contributed by atoms with Gasteiger partial charge in [0.2, 0.25) is 5.91 Å². The van der Waals surface area contributed by atoms with Crippen LogP contribution in [0.3, 0.4) is 0 Å². The van der Waals surface area contributed by atoms with Gasteiger partial charge in [-0.25, -0.2) is 0 Å². The fourth-order valence-electron chi connectivity index (χ4n) is 5.68. The van der Waals surface area contributed by atoms with Gasteiger partial charge in [-0.1, -0.05) is 165 Å². The molecule has 0 aromatic rings.